The van der Waals surface area contributed by atoms with Gasteiger partial charge in [0.15, 0.2) is 5.82 Å². The molecule has 2 saturated heterocycles. The number of halogens is 3. The van der Waals surface area contributed by atoms with Gasteiger partial charge in [0.05, 0.1) is 23.2 Å². The number of alkyl halides is 1. The van der Waals surface area contributed by atoms with Gasteiger partial charge in [0, 0.05) is 54.2 Å². The minimum atomic E-state index is -1.12. The summed E-state index contributed by atoms with van der Waals surface area (Å²) in [6.45, 7) is 8.35. The average molecular weight is 700 g/mol. The van der Waals surface area contributed by atoms with Gasteiger partial charge in [0.2, 0.25) is 0 Å². The van der Waals surface area contributed by atoms with E-state index in [4.69, 9.17) is 16.1 Å². The molecule has 8 nitrogen and oxygen atoms in total. The second-order valence-electron chi connectivity index (χ2n) is 15.9. The third-order valence-corrected chi connectivity index (χ3v) is 12.5. The van der Waals surface area contributed by atoms with Crippen molar-refractivity contribution in [2.45, 2.75) is 83.0 Å². The lowest BCUT2D eigenvalue weighted by Gasteiger charge is -2.46. The molecule has 4 aromatic rings. The van der Waals surface area contributed by atoms with E-state index in [-0.39, 0.29) is 69.3 Å². The Morgan fingerprint density at radius 1 is 1.08 bits per heavy atom. The number of pyridine rings is 1. The second-order valence-corrected chi connectivity index (χ2v) is 15.9. The van der Waals surface area contributed by atoms with E-state index < -0.39 is 22.9 Å². The van der Waals surface area contributed by atoms with Crippen LogP contribution < -0.4 is 9.64 Å². The molecule has 0 spiro atoms. The molecule has 2 aromatic carbocycles. The summed E-state index contributed by atoms with van der Waals surface area (Å²) in [4.78, 5) is 18.4. The smallest absolute Gasteiger partial charge is 0.319 e. The zero-order chi connectivity index (χ0) is 35.9. The number of β-amino-alcohol motifs (C(OH)–C–C–N with tert-alkyl or cyclic N) is 1. The first-order valence-electron chi connectivity index (χ1n) is 18.1. The van der Waals surface area contributed by atoms with E-state index in [1.165, 1.54) is 30.5 Å². The Kier molecular flexibility index (Phi) is 8.15. The van der Waals surface area contributed by atoms with Crippen LogP contribution in [-0.2, 0) is 0 Å². The first-order chi connectivity index (χ1) is 24.3. The predicted octanol–water partition coefficient (Wildman–Crippen LogP) is 7.17. The number of ether oxygens (including phenoxy) is 1. The lowest BCUT2D eigenvalue weighted by Crippen LogP contribution is -2.52. The maximum absolute atomic E-state index is 17.0. The van der Waals surface area contributed by atoms with E-state index in [2.05, 4.69) is 20.8 Å². The first-order valence-corrected chi connectivity index (χ1v) is 18.1. The summed E-state index contributed by atoms with van der Waals surface area (Å²) in [6.07, 6.45) is 13.5. The van der Waals surface area contributed by atoms with Crippen LogP contribution in [0.15, 0.2) is 30.5 Å². The highest BCUT2D eigenvalue weighted by atomic mass is 19.1. The Balaban J connectivity index is 1.20. The van der Waals surface area contributed by atoms with Gasteiger partial charge in [-0.05, 0) is 88.4 Å². The fraction of sp³-hybridized carbons (Fsp3) is 0.525. The maximum Gasteiger partial charge on any atom is 0.319 e. The van der Waals surface area contributed by atoms with Crippen LogP contribution >= 0.6 is 0 Å². The zero-order valence-electron chi connectivity index (χ0n) is 29.4. The minimum absolute atomic E-state index is 0.0131. The van der Waals surface area contributed by atoms with Crippen LogP contribution in [0.2, 0.25) is 0 Å². The number of aromatic nitrogens is 3. The monoisotopic (exact) mass is 699 g/mol. The van der Waals surface area contributed by atoms with Gasteiger partial charge in [0.25, 0.3) is 0 Å². The van der Waals surface area contributed by atoms with E-state index in [0.29, 0.717) is 42.6 Å². The normalized spacial score (nSPS) is 30.8. The number of nitrogens with zero attached hydrogens (tertiary/aromatic N) is 5. The molecule has 8 rings (SSSR count). The van der Waals surface area contributed by atoms with Crippen molar-refractivity contribution in [1.29, 1.82) is 0 Å². The lowest BCUT2D eigenvalue weighted by atomic mass is 9.75. The molecule has 2 unspecified atom stereocenters. The molecule has 11 heteroatoms. The number of hydrogen-bond donors (Lipinski definition) is 2. The van der Waals surface area contributed by atoms with Crippen molar-refractivity contribution in [1.82, 2.24) is 19.9 Å². The fourth-order valence-corrected chi connectivity index (χ4v) is 9.49. The molecule has 268 valence electrons. The Morgan fingerprint density at radius 3 is 2.59 bits per heavy atom. The molecule has 2 aromatic heterocycles. The summed E-state index contributed by atoms with van der Waals surface area (Å²) in [5, 5.41) is 22.6. The number of hydrogen-bond acceptors (Lipinski definition) is 8. The number of fused-ring (bicyclic) bond motifs is 3. The van der Waals surface area contributed by atoms with Crippen LogP contribution in [-0.4, -0.2) is 80.2 Å². The summed E-state index contributed by atoms with van der Waals surface area (Å²) in [5.41, 5.74) is -2.39. The van der Waals surface area contributed by atoms with Crippen LogP contribution in [0.5, 0.6) is 11.8 Å². The number of aliphatic hydroxyl groups is 1. The van der Waals surface area contributed by atoms with Crippen molar-refractivity contribution >= 4 is 27.5 Å². The molecule has 0 bridgehead atoms. The highest BCUT2D eigenvalue weighted by molar-refractivity contribution is 6.03. The Hall–Kier alpha value is -4.14. The number of phenolic OH excluding ortho intramolecular Hbond substituents is 1. The van der Waals surface area contributed by atoms with Crippen LogP contribution in [0, 0.1) is 41.2 Å². The summed E-state index contributed by atoms with van der Waals surface area (Å²) in [5.74, 6) is 1.27. The third kappa shape index (κ3) is 5.75. The number of phenols is 1. The van der Waals surface area contributed by atoms with Gasteiger partial charge >= 0.3 is 6.01 Å². The van der Waals surface area contributed by atoms with Crippen molar-refractivity contribution < 1.29 is 28.1 Å². The standard InChI is InChI=1S/C40H44F3N5O3/c1-5-26-30(41)11-10-24-17-25(49)18-27(32(24)26)34-33(42)35-28(19-44-34)36(48-16-7-12-38(3,50)21-48)46-37(45-35)51-22-40-13-6-9-31(40)47(15-8-14-40)20-29-23(2)39(29,4)43/h1,10-11,17-19,23,29,31,49-50H,6-9,12-16,20-22H2,2-4H3/t23-,29?,31-,38-,39?,40-/m1/s1. The Morgan fingerprint density at radius 2 is 1.84 bits per heavy atom. The van der Waals surface area contributed by atoms with Crippen molar-refractivity contribution in [3.05, 3.63) is 47.7 Å². The molecule has 51 heavy (non-hydrogen) atoms. The molecule has 6 atom stereocenters. The van der Waals surface area contributed by atoms with Gasteiger partial charge in [-0.3, -0.25) is 9.88 Å². The SMILES string of the molecule is C#Cc1c(F)ccc2cc(O)cc(-c3ncc4c(N5CCC[C@@](C)(O)C5)nc(OC[C@]56CCC[C@H]5N(CC5[C@@H](C)C5(C)F)CCC6)nc4c3F)c12. The van der Waals surface area contributed by atoms with Crippen LogP contribution in [0.25, 0.3) is 32.9 Å². The quantitative estimate of drug-likeness (QED) is 0.196. The highest BCUT2D eigenvalue weighted by Gasteiger charge is 2.61. The molecule has 0 amide bonds. The molecule has 2 N–H and O–H groups in total. The van der Waals surface area contributed by atoms with Crippen molar-refractivity contribution in [2.75, 3.05) is 37.7 Å². The third-order valence-electron chi connectivity index (χ3n) is 12.5. The number of benzene rings is 2. The molecule has 0 radical (unpaired) electrons. The van der Waals surface area contributed by atoms with Crippen molar-refractivity contribution in [3.8, 4) is 35.4 Å². The molecule has 2 aliphatic carbocycles. The number of piperidine rings is 2. The summed E-state index contributed by atoms with van der Waals surface area (Å²) in [6, 6.07) is 5.72. The van der Waals surface area contributed by atoms with E-state index in [1.807, 2.05) is 11.8 Å². The van der Waals surface area contributed by atoms with Crippen molar-refractivity contribution in [2.24, 2.45) is 17.3 Å². The van der Waals surface area contributed by atoms with Gasteiger partial charge < -0.3 is 19.8 Å². The topological polar surface area (TPSA) is 94.8 Å². The van der Waals surface area contributed by atoms with Crippen LogP contribution in [0.3, 0.4) is 0 Å². The minimum Gasteiger partial charge on any atom is -0.508 e. The molecular formula is C40H44F3N5O3. The van der Waals surface area contributed by atoms with Gasteiger partial charge in [0.1, 0.15) is 34.3 Å². The number of terminal acetylenes is 1. The van der Waals surface area contributed by atoms with Gasteiger partial charge in [-0.1, -0.05) is 25.3 Å². The van der Waals surface area contributed by atoms with Crippen molar-refractivity contribution in [3.63, 3.8) is 0 Å². The maximum atomic E-state index is 17.0. The van der Waals surface area contributed by atoms with Gasteiger partial charge in [-0.25, -0.2) is 13.2 Å². The summed E-state index contributed by atoms with van der Waals surface area (Å²) in [7, 11) is 0. The molecular weight excluding hydrogens is 655 g/mol. The molecule has 4 aliphatic rings. The largest absolute Gasteiger partial charge is 0.508 e. The van der Waals surface area contributed by atoms with E-state index in [1.54, 1.807) is 13.8 Å². The molecule has 2 saturated carbocycles. The average Bonchev–Trinajstić information content (AvgIpc) is 3.37. The Bertz CT molecular complexity index is 2080. The lowest BCUT2D eigenvalue weighted by molar-refractivity contribution is -0.00489. The van der Waals surface area contributed by atoms with E-state index in [0.717, 1.165) is 45.2 Å². The molecule has 4 heterocycles. The molecule has 2 aliphatic heterocycles. The highest BCUT2D eigenvalue weighted by Crippen LogP contribution is 2.56. The molecule has 4 fully saturated rings. The summed E-state index contributed by atoms with van der Waals surface area (Å²) >= 11 is 0. The summed E-state index contributed by atoms with van der Waals surface area (Å²) < 4.78 is 53.3. The number of rotatable bonds is 7. The fourth-order valence-electron chi connectivity index (χ4n) is 9.49. The Labute approximate surface area is 296 Å². The van der Waals surface area contributed by atoms with E-state index >= 15 is 4.39 Å². The van der Waals surface area contributed by atoms with Crippen LogP contribution in [0.1, 0.15) is 71.3 Å². The first kappa shape index (κ1) is 34.0. The zero-order valence-corrected chi connectivity index (χ0v) is 29.4. The van der Waals surface area contributed by atoms with Crippen LogP contribution in [0.4, 0.5) is 19.0 Å². The van der Waals surface area contributed by atoms with Gasteiger partial charge in [-0.15, -0.1) is 6.42 Å². The van der Waals surface area contributed by atoms with Gasteiger partial charge in [-0.2, -0.15) is 9.97 Å². The second kappa shape index (κ2) is 12.2. The van der Waals surface area contributed by atoms with E-state index in [9.17, 15) is 19.0 Å². The number of anilines is 1. The number of aromatic hydroxyl groups is 1. The number of likely N-dealkylation sites (tertiary alicyclic amines) is 1. The predicted molar refractivity (Wildman–Crippen MR) is 190 cm³/mol.